The van der Waals surface area contributed by atoms with E-state index in [2.05, 4.69) is 48.4 Å². The summed E-state index contributed by atoms with van der Waals surface area (Å²) in [6, 6.07) is 8.32. The number of hydrogen-bond donors (Lipinski definition) is 2. The molecule has 5 heteroatoms. The zero-order valence-electron chi connectivity index (χ0n) is 12.4. The van der Waals surface area contributed by atoms with Crippen molar-refractivity contribution >= 4 is 17.2 Å². The number of nitrogens with one attached hydrogen (secondary N) is 1. The lowest BCUT2D eigenvalue weighted by Crippen LogP contribution is -2.23. The maximum Gasteiger partial charge on any atom is 0.271 e. The van der Waals surface area contributed by atoms with E-state index in [0.29, 0.717) is 31.1 Å². The second-order valence-corrected chi connectivity index (χ2v) is 6.19. The van der Waals surface area contributed by atoms with E-state index in [1.165, 1.54) is 16.9 Å². The molecule has 3 N–H and O–H groups in total. The predicted molar refractivity (Wildman–Crippen MR) is 86.6 cm³/mol. The van der Waals surface area contributed by atoms with Crippen molar-refractivity contribution in [2.24, 2.45) is 5.73 Å². The maximum atomic E-state index is 12.0. The Kier molecular flexibility index (Phi) is 5.47. The molecular weight excluding hydrogens is 282 g/mol. The van der Waals surface area contributed by atoms with E-state index in [1.807, 2.05) is 0 Å². The van der Waals surface area contributed by atoms with Gasteiger partial charge in [-0.25, -0.2) is 4.98 Å². The summed E-state index contributed by atoms with van der Waals surface area (Å²) < 4.78 is 0. The fourth-order valence-electron chi connectivity index (χ4n) is 1.95. The van der Waals surface area contributed by atoms with Gasteiger partial charge in [0.05, 0.1) is 5.01 Å². The number of nitrogens with two attached hydrogens (primary N) is 1. The number of carbonyl (C=O) groups is 1. The van der Waals surface area contributed by atoms with Gasteiger partial charge < -0.3 is 11.1 Å². The normalized spacial score (nSPS) is 10.9. The third kappa shape index (κ3) is 4.37. The lowest BCUT2D eigenvalue weighted by molar-refractivity contribution is 0.0946. The summed E-state index contributed by atoms with van der Waals surface area (Å²) in [5.41, 5.74) is 8.34. The molecule has 21 heavy (non-hydrogen) atoms. The summed E-state index contributed by atoms with van der Waals surface area (Å²) >= 11 is 1.48. The highest BCUT2D eigenvalue weighted by Gasteiger charge is 2.10. The molecule has 0 unspecified atom stereocenters. The van der Waals surface area contributed by atoms with E-state index in [9.17, 15) is 4.79 Å². The minimum atomic E-state index is -0.137. The Morgan fingerprint density at radius 3 is 2.67 bits per heavy atom. The second kappa shape index (κ2) is 7.33. The Bertz CT molecular complexity index is 590. The smallest absolute Gasteiger partial charge is 0.271 e. The zero-order chi connectivity index (χ0) is 15.2. The molecule has 4 nitrogen and oxygen atoms in total. The van der Waals surface area contributed by atoms with Gasteiger partial charge in [-0.3, -0.25) is 4.79 Å². The fourth-order valence-corrected chi connectivity index (χ4v) is 2.74. The van der Waals surface area contributed by atoms with Crippen molar-refractivity contribution in [2.45, 2.75) is 32.7 Å². The molecule has 0 radical (unpaired) electrons. The maximum absolute atomic E-state index is 12.0. The van der Waals surface area contributed by atoms with Crippen molar-refractivity contribution in [1.29, 1.82) is 0 Å². The van der Waals surface area contributed by atoms with Crippen LogP contribution in [0.4, 0.5) is 0 Å². The van der Waals surface area contributed by atoms with Crippen LogP contribution in [0, 0.1) is 0 Å². The number of benzene rings is 1. The largest absolute Gasteiger partial charge is 0.347 e. The molecule has 0 spiro atoms. The van der Waals surface area contributed by atoms with Crippen molar-refractivity contribution in [1.82, 2.24) is 10.3 Å². The Balaban J connectivity index is 1.90. The van der Waals surface area contributed by atoms with E-state index in [4.69, 9.17) is 5.73 Å². The van der Waals surface area contributed by atoms with Gasteiger partial charge in [-0.1, -0.05) is 38.1 Å². The highest BCUT2D eigenvalue weighted by molar-refractivity contribution is 7.09. The van der Waals surface area contributed by atoms with Crippen LogP contribution >= 0.6 is 11.3 Å². The average Bonchev–Trinajstić information content (AvgIpc) is 2.94. The number of hydrogen-bond acceptors (Lipinski definition) is 4. The van der Waals surface area contributed by atoms with Gasteiger partial charge in [0, 0.05) is 18.3 Å². The Morgan fingerprint density at radius 1 is 1.33 bits per heavy atom. The molecule has 2 rings (SSSR count). The molecule has 0 fully saturated rings. The Hall–Kier alpha value is -1.72. The van der Waals surface area contributed by atoms with Crippen LogP contribution in [0.5, 0.6) is 0 Å². The molecule has 112 valence electrons. The van der Waals surface area contributed by atoms with Crippen LogP contribution in [0.3, 0.4) is 0 Å². The van der Waals surface area contributed by atoms with Crippen molar-refractivity contribution in [3.63, 3.8) is 0 Å². The first-order valence-corrected chi connectivity index (χ1v) is 7.99. The molecular formula is C16H21N3OS. The van der Waals surface area contributed by atoms with Crippen LogP contribution < -0.4 is 11.1 Å². The summed E-state index contributed by atoms with van der Waals surface area (Å²) in [5.74, 6) is 0.382. The molecule has 0 aliphatic carbocycles. The molecule has 1 aromatic heterocycles. The topological polar surface area (TPSA) is 68.0 Å². The summed E-state index contributed by atoms with van der Waals surface area (Å²) in [6.45, 7) is 5.40. The molecule has 0 atom stereocenters. The van der Waals surface area contributed by atoms with Gasteiger partial charge in [0.25, 0.3) is 5.91 Å². The Labute approximate surface area is 129 Å². The second-order valence-electron chi connectivity index (χ2n) is 5.24. The van der Waals surface area contributed by atoms with Crippen molar-refractivity contribution in [2.75, 3.05) is 6.54 Å². The molecule has 0 aliphatic heterocycles. The number of carbonyl (C=O) groups excluding carboxylic acids is 1. The SMILES string of the molecule is CC(C)c1ccc(CNC(=O)c2csc(CCN)n2)cc1. The lowest BCUT2D eigenvalue weighted by atomic mass is 10.0. The van der Waals surface area contributed by atoms with Crippen LogP contribution in [0.25, 0.3) is 0 Å². The van der Waals surface area contributed by atoms with Gasteiger partial charge in [-0.05, 0) is 23.6 Å². The third-order valence-electron chi connectivity index (χ3n) is 3.24. The van der Waals surface area contributed by atoms with Crippen LogP contribution in [0.2, 0.25) is 0 Å². The van der Waals surface area contributed by atoms with Gasteiger partial charge in [0.2, 0.25) is 0 Å². The number of rotatable bonds is 6. The molecule has 0 saturated carbocycles. The molecule has 0 bridgehead atoms. The highest BCUT2D eigenvalue weighted by Crippen LogP contribution is 2.15. The van der Waals surface area contributed by atoms with Crippen LogP contribution in [-0.4, -0.2) is 17.4 Å². The van der Waals surface area contributed by atoms with E-state index >= 15 is 0 Å². The highest BCUT2D eigenvalue weighted by atomic mass is 32.1. The van der Waals surface area contributed by atoms with Crippen LogP contribution in [0.1, 0.15) is 46.4 Å². The summed E-state index contributed by atoms with van der Waals surface area (Å²) in [4.78, 5) is 16.3. The first kappa shape index (κ1) is 15.7. The van der Waals surface area contributed by atoms with Gasteiger partial charge in [-0.2, -0.15) is 0 Å². The quantitative estimate of drug-likeness (QED) is 0.862. The molecule has 0 saturated heterocycles. The molecule has 0 aliphatic rings. The minimum absolute atomic E-state index is 0.137. The lowest BCUT2D eigenvalue weighted by Gasteiger charge is -2.07. The average molecular weight is 303 g/mol. The first-order chi connectivity index (χ1) is 10.1. The van der Waals surface area contributed by atoms with E-state index in [-0.39, 0.29) is 5.91 Å². The first-order valence-electron chi connectivity index (χ1n) is 7.11. The van der Waals surface area contributed by atoms with Crippen molar-refractivity contribution in [3.05, 3.63) is 51.5 Å². The minimum Gasteiger partial charge on any atom is -0.347 e. The number of aromatic nitrogens is 1. The fraction of sp³-hybridized carbons (Fsp3) is 0.375. The van der Waals surface area contributed by atoms with E-state index in [1.54, 1.807) is 5.38 Å². The predicted octanol–water partition coefficient (Wildman–Crippen LogP) is 2.70. The van der Waals surface area contributed by atoms with Crippen LogP contribution in [-0.2, 0) is 13.0 Å². The van der Waals surface area contributed by atoms with E-state index < -0.39 is 0 Å². The summed E-state index contributed by atoms with van der Waals surface area (Å²) in [5, 5.41) is 5.58. The van der Waals surface area contributed by atoms with Gasteiger partial charge in [-0.15, -0.1) is 11.3 Å². The van der Waals surface area contributed by atoms with Crippen molar-refractivity contribution < 1.29 is 4.79 Å². The molecule has 2 aromatic rings. The number of nitrogens with zero attached hydrogens (tertiary/aromatic N) is 1. The number of amides is 1. The third-order valence-corrected chi connectivity index (χ3v) is 4.15. The van der Waals surface area contributed by atoms with Gasteiger partial charge >= 0.3 is 0 Å². The molecule has 1 aromatic carbocycles. The monoisotopic (exact) mass is 303 g/mol. The standard InChI is InChI=1S/C16H21N3OS/c1-11(2)13-5-3-12(4-6-13)9-18-16(20)14-10-21-15(19-14)7-8-17/h3-6,10-11H,7-9,17H2,1-2H3,(H,18,20). The molecule has 1 heterocycles. The zero-order valence-corrected chi connectivity index (χ0v) is 13.2. The summed E-state index contributed by atoms with van der Waals surface area (Å²) in [7, 11) is 0. The van der Waals surface area contributed by atoms with E-state index in [0.717, 1.165) is 10.6 Å². The van der Waals surface area contributed by atoms with Gasteiger partial charge in [0.1, 0.15) is 5.69 Å². The van der Waals surface area contributed by atoms with Crippen LogP contribution in [0.15, 0.2) is 29.6 Å². The number of thiazole rings is 1. The van der Waals surface area contributed by atoms with Crippen molar-refractivity contribution in [3.8, 4) is 0 Å². The Morgan fingerprint density at radius 2 is 2.05 bits per heavy atom. The summed E-state index contributed by atoms with van der Waals surface area (Å²) in [6.07, 6.45) is 0.717. The van der Waals surface area contributed by atoms with Gasteiger partial charge in [0.15, 0.2) is 0 Å². The molecule has 1 amide bonds.